The normalized spacial score (nSPS) is 9.07. The van der Waals surface area contributed by atoms with E-state index in [4.69, 9.17) is 4.74 Å². The van der Waals surface area contributed by atoms with Crippen molar-refractivity contribution in [1.82, 2.24) is 4.90 Å². The molecule has 0 aliphatic heterocycles. The van der Waals surface area contributed by atoms with Crippen LogP contribution in [0.1, 0.15) is 46.5 Å². The third kappa shape index (κ3) is 19.7. The van der Waals surface area contributed by atoms with E-state index in [1.807, 2.05) is 0 Å². The lowest BCUT2D eigenvalue weighted by Crippen LogP contribution is -2.21. The maximum atomic E-state index is 10.1. The van der Waals surface area contributed by atoms with Crippen molar-refractivity contribution in [3.8, 4) is 0 Å². The molecule has 92 valence electrons. The molecular weight excluding hydrogens is 190 g/mol. The molecule has 0 bridgehead atoms. The summed E-state index contributed by atoms with van der Waals surface area (Å²) in [6.45, 7) is 8.58. The lowest BCUT2D eigenvalue weighted by atomic mass is 10.3. The van der Waals surface area contributed by atoms with Crippen LogP contribution in [0.2, 0.25) is 0 Å². The molecule has 0 atom stereocenters. The minimum Gasteiger partial charge on any atom is -0.380 e. The molecule has 0 spiro atoms. The number of rotatable bonds is 8. The van der Waals surface area contributed by atoms with Crippen molar-refractivity contribution in [2.24, 2.45) is 0 Å². The first kappa shape index (κ1) is 16.8. The van der Waals surface area contributed by atoms with Crippen LogP contribution in [-0.4, -0.2) is 38.1 Å². The Morgan fingerprint density at radius 1 is 1.13 bits per heavy atom. The molecule has 3 nitrogen and oxygen atoms in total. The third-order valence-corrected chi connectivity index (χ3v) is 1.66. The van der Waals surface area contributed by atoms with Gasteiger partial charge in [-0.05, 0) is 6.42 Å². The van der Waals surface area contributed by atoms with E-state index < -0.39 is 0 Å². The van der Waals surface area contributed by atoms with Gasteiger partial charge in [-0.1, -0.05) is 40.0 Å². The highest BCUT2D eigenvalue weighted by Crippen LogP contribution is 1.93. The van der Waals surface area contributed by atoms with E-state index in [9.17, 15) is 4.79 Å². The summed E-state index contributed by atoms with van der Waals surface area (Å²) in [5, 5.41) is 0. The Kier molecular flexibility index (Phi) is 17.8. The van der Waals surface area contributed by atoms with Crippen LogP contribution < -0.4 is 0 Å². The molecule has 0 aliphatic rings. The van der Waals surface area contributed by atoms with Crippen molar-refractivity contribution in [3.63, 3.8) is 0 Å². The van der Waals surface area contributed by atoms with Crippen molar-refractivity contribution in [2.75, 3.05) is 26.8 Å². The first-order valence-corrected chi connectivity index (χ1v) is 5.96. The fraction of sp³-hybridized carbons (Fsp3) is 0.917. The van der Waals surface area contributed by atoms with Gasteiger partial charge in [-0.3, -0.25) is 4.79 Å². The highest BCUT2D eigenvalue weighted by Gasteiger charge is 1.92. The number of carbonyl (C=O) groups excluding carboxylic acids is 1. The van der Waals surface area contributed by atoms with Gasteiger partial charge in [0, 0.05) is 20.2 Å². The van der Waals surface area contributed by atoms with Crippen LogP contribution in [0.15, 0.2) is 0 Å². The molecule has 1 amide bonds. The summed E-state index contributed by atoms with van der Waals surface area (Å²) in [4.78, 5) is 11.7. The second-order valence-corrected chi connectivity index (χ2v) is 3.61. The van der Waals surface area contributed by atoms with Gasteiger partial charge in [-0.2, -0.15) is 0 Å². The van der Waals surface area contributed by atoms with Crippen LogP contribution in [0.3, 0.4) is 0 Å². The quantitative estimate of drug-likeness (QED) is 0.462. The Morgan fingerprint density at radius 3 is 2.20 bits per heavy atom. The molecule has 0 rings (SSSR count). The average molecular weight is 217 g/mol. The summed E-state index contributed by atoms with van der Waals surface area (Å²) in [6, 6.07) is 0. The van der Waals surface area contributed by atoms with Crippen molar-refractivity contribution >= 4 is 6.41 Å². The zero-order chi connectivity index (χ0) is 11.9. The molecule has 0 saturated heterocycles. The molecule has 15 heavy (non-hydrogen) atoms. The number of hydrogen-bond donors (Lipinski definition) is 0. The van der Waals surface area contributed by atoms with Crippen molar-refractivity contribution in [2.45, 2.75) is 46.5 Å². The Labute approximate surface area is 94.8 Å². The van der Waals surface area contributed by atoms with Crippen LogP contribution in [0.4, 0.5) is 0 Å². The standard InChI is InChI=1S/C9H19NO2.C3H8/c1-3-4-5-7-12-8-6-10(2)9-11;1-3-2/h9H,3-8H2,1-2H3;3H2,1-2H3. The van der Waals surface area contributed by atoms with E-state index in [1.54, 1.807) is 11.9 Å². The highest BCUT2D eigenvalue weighted by atomic mass is 16.5. The van der Waals surface area contributed by atoms with Gasteiger partial charge in [0.1, 0.15) is 0 Å². The van der Waals surface area contributed by atoms with Crippen LogP contribution in [0.5, 0.6) is 0 Å². The van der Waals surface area contributed by atoms with Gasteiger partial charge in [0.2, 0.25) is 6.41 Å². The summed E-state index contributed by atoms with van der Waals surface area (Å²) in [7, 11) is 1.75. The molecule has 0 N–H and O–H groups in total. The SMILES string of the molecule is CCC.CCCCCOCCN(C)C=O. The van der Waals surface area contributed by atoms with Crippen LogP contribution >= 0.6 is 0 Å². The Bertz CT molecular complexity index is 118. The predicted molar refractivity (Wildman–Crippen MR) is 65.0 cm³/mol. The van der Waals surface area contributed by atoms with Crippen LogP contribution in [0.25, 0.3) is 0 Å². The summed E-state index contributed by atoms with van der Waals surface area (Å²) >= 11 is 0. The predicted octanol–water partition coefficient (Wildman–Crippen LogP) is 2.70. The second-order valence-electron chi connectivity index (χ2n) is 3.61. The molecule has 0 unspecified atom stereocenters. The van der Waals surface area contributed by atoms with Crippen LogP contribution in [0, 0.1) is 0 Å². The summed E-state index contributed by atoms with van der Waals surface area (Å²) in [6.07, 6.45) is 5.64. The molecule has 0 saturated carbocycles. The lowest BCUT2D eigenvalue weighted by Gasteiger charge is -2.09. The number of carbonyl (C=O) groups is 1. The summed E-state index contributed by atoms with van der Waals surface area (Å²) in [5.74, 6) is 0. The van der Waals surface area contributed by atoms with Gasteiger partial charge in [0.15, 0.2) is 0 Å². The maximum Gasteiger partial charge on any atom is 0.209 e. The van der Waals surface area contributed by atoms with Gasteiger partial charge < -0.3 is 9.64 Å². The fourth-order valence-electron chi connectivity index (χ4n) is 0.817. The van der Waals surface area contributed by atoms with Gasteiger partial charge in [-0.25, -0.2) is 0 Å². The number of hydrogen-bond acceptors (Lipinski definition) is 2. The zero-order valence-electron chi connectivity index (χ0n) is 10.8. The molecule has 0 aromatic heterocycles. The first-order chi connectivity index (χ1) is 7.22. The number of unbranched alkanes of at least 4 members (excludes halogenated alkanes) is 2. The minimum absolute atomic E-state index is 0.652. The fourth-order valence-corrected chi connectivity index (χ4v) is 0.817. The van der Waals surface area contributed by atoms with E-state index in [0.717, 1.165) is 19.4 Å². The van der Waals surface area contributed by atoms with E-state index in [2.05, 4.69) is 20.8 Å². The molecule has 0 aromatic rings. The van der Waals surface area contributed by atoms with Crippen molar-refractivity contribution in [3.05, 3.63) is 0 Å². The monoisotopic (exact) mass is 217 g/mol. The number of ether oxygens (including phenoxy) is 1. The smallest absolute Gasteiger partial charge is 0.209 e. The average Bonchev–Trinajstić information content (AvgIpc) is 2.24. The first-order valence-electron chi connectivity index (χ1n) is 5.96. The molecule has 0 radical (unpaired) electrons. The number of nitrogens with zero attached hydrogens (tertiary/aromatic N) is 1. The van der Waals surface area contributed by atoms with Gasteiger partial charge >= 0.3 is 0 Å². The van der Waals surface area contributed by atoms with Gasteiger partial charge in [-0.15, -0.1) is 0 Å². The topological polar surface area (TPSA) is 29.5 Å². The third-order valence-electron chi connectivity index (χ3n) is 1.66. The van der Waals surface area contributed by atoms with E-state index in [0.29, 0.717) is 13.2 Å². The van der Waals surface area contributed by atoms with E-state index in [1.165, 1.54) is 19.3 Å². The molecule has 3 heteroatoms. The Hall–Kier alpha value is -0.570. The Balaban J connectivity index is 0. The maximum absolute atomic E-state index is 10.1. The van der Waals surface area contributed by atoms with E-state index in [-0.39, 0.29) is 0 Å². The van der Waals surface area contributed by atoms with Crippen LogP contribution in [-0.2, 0) is 9.53 Å². The largest absolute Gasteiger partial charge is 0.380 e. The van der Waals surface area contributed by atoms with Crippen molar-refractivity contribution < 1.29 is 9.53 Å². The number of likely N-dealkylation sites (N-methyl/N-ethyl adjacent to an activating group) is 1. The molecular formula is C12H27NO2. The molecule has 0 aromatic carbocycles. The lowest BCUT2D eigenvalue weighted by molar-refractivity contribution is -0.117. The van der Waals surface area contributed by atoms with Crippen molar-refractivity contribution in [1.29, 1.82) is 0 Å². The second kappa shape index (κ2) is 15.9. The minimum atomic E-state index is 0.652. The molecule has 0 aliphatic carbocycles. The van der Waals surface area contributed by atoms with Gasteiger partial charge in [0.25, 0.3) is 0 Å². The van der Waals surface area contributed by atoms with E-state index >= 15 is 0 Å². The van der Waals surface area contributed by atoms with Gasteiger partial charge in [0.05, 0.1) is 6.61 Å². The number of amides is 1. The zero-order valence-corrected chi connectivity index (χ0v) is 10.8. The Morgan fingerprint density at radius 2 is 1.73 bits per heavy atom. The summed E-state index contributed by atoms with van der Waals surface area (Å²) < 4.78 is 5.31. The summed E-state index contributed by atoms with van der Waals surface area (Å²) in [5.41, 5.74) is 0. The molecule has 0 heterocycles. The highest BCUT2D eigenvalue weighted by molar-refractivity contribution is 5.46. The molecule has 0 fully saturated rings.